The Morgan fingerprint density at radius 2 is 1.71 bits per heavy atom. The van der Waals surface area contributed by atoms with Crippen LogP contribution in [0.15, 0.2) is 36.4 Å². The molecule has 0 saturated heterocycles. The maximum absolute atomic E-state index is 12.7. The highest BCUT2D eigenvalue weighted by Gasteiger charge is 2.21. The number of amides is 1. The molecule has 0 spiro atoms. The van der Waals surface area contributed by atoms with Gasteiger partial charge in [0.05, 0.1) is 13.2 Å². The van der Waals surface area contributed by atoms with Gasteiger partial charge in [-0.2, -0.15) is 0 Å². The molecule has 2 aromatic rings. The van der Waals surface area contributed by atoms with Gasteiger partial charge >= 0.3 is 0 Å². The van der Waals surface area contributed by atoms with Crippen LogP contribution in [0, 0.1) is 6.92 Å². The molecule has 0 saturated carbocycles. The Kier molecular flexibility index (Phi) is 7.50. The van der Waals surface area contributed by atoms with E-state index in [-0.39, 0.29) is 11.9 Å². The number of para-hydroxylation sites is 1. The molecule has 0 unspecified atom stereocenters. The minimum Gasteiger partial charge on any atom is -0.496 e. The predicted octanol–water partition coefficient (Wildman–Crippen LogP) is 5.33. The fourth-order valence-corrected chi connectivity index (χ4v) is 3.37. The van der Waals surface area contributed by atoms with Crippen LogP contribution in [0.3, 0.4) is 0 Å². The first-order valence-electron chi connectivity index (χ1n) is 10.0. The molecule has 0 bridgehead atoms. The molecule has 2 atom stereocenters. The van der Waals surface area contributed by atoms with E-state index < -0.39 is 6.10 Å². The van der Waals surface area contributed by atoms with Crippen LogP contribution in [0.5, 0.6) is 11.5 Å². The third-order valence-corrected chi connectivity index (χ3v) is 5.09. The van der Waals surface area contributed by atoms with Crippen LogP contribution in [0.4, 0.5) is 0 Å². The maximum atomic E-state index is 12.7. The van der Waals surface area contributed by atoms with Crippen molar-refractivity contribution in [2.45, 2.75) is 66.0 Å². The van der Waals surface area contributed by atoms with Crippen molar-refractivity contribution in [2.75, 3.05) is 7.11 Å². The molecular formula is C24H33NO3. The molecule has 4 heteroatoms. The molecule has 2 rings (SSSR count). The minimum atomic E-state index is -0.571. The van der Waals surface area contributed by atoms with Crippen molar-refractivity contribution < 1.29 is 14.3 Å². The van der Waals surface area contributed by atoms with Crippen LogP contribution in [0.25, 0.3) is 0 Å². The predicted molar refractivity (Wildman–Crippen MR) is 114 cm³/mol. The summed E-state index contributed by atoms with van der Waals surface area (Å²) in [6.07, 6.45) is 0.294. The number of hydrogen-bond donors (Lipinski definition) is 1. The molecule has 28 heavy (non-hydrogen) atoms. The van der Waals surface area contributed by atoms with Gasteiger partial charge in [0, 0.05) is 0 Å². The Bertz CT molecular complexity index is 813. The molecule has 0 aliphatic rings. The Balaban J connectivity index is 2.14. The van der Waals surface area contributed by atoms with Crippen LogP contribution in [0.2, 0.25) is 0 Å². The van der Waals surface area contributed by atoms with Crippen molar-refractivity contribution in [3.05, 3.63) is 58.7 Å². The van der Waals surface area contributed by atoms with Gasteiger partial charge in [0.15, 0.2) is 6.10 Å². The average molecular weight is 384 g/mol. The lowest BCUT2D eigenvalue weighted by Gasteiger charge is -2.23. The molecule has 4 nitrogen and oxygen atoms in total. The molecule has 0 radical (unpaired) electrons. The van der Waals surface area contributed by atoms with E-state index in [0.717, 1.165) is 40.2 Å². The standard InChI is InChI=1S/C24H33NO3/c1-8-19-11-9-10-12-22(19)28-18(6)24(26)25-17(5)21-14-20(15(2)3)23(27-7)13-16(21)4/h9-15,17-18H,8H2,1-7H3,(H,25,26)/t17-,18+/m1/s1. The van der Waals surface area contributed by atoms with Gasteiger partial charge < -0.3 is 14.8 Å². The summed E-state index contributed by atoms with van der Waals surface area (Å²) in [6.45, 7) is 12.2. The first kappa shape index (κ1) is 21.8. The zero-order valence-electron chi connectivity index (χ0n) is 18.1. The number of aryl methyl sites for hydroxylation is 2. The highest BCUT2D eigenvalue weighted by atomic mass is 16.5. The summed E-state index contributed by atoms with van der Waals surface area (Å²) in [5.74, 6) is 1.87. The summed E-state index contributed by atoms with van der Waals surface area (Å²) in [5, 5.41) is 3.09. The van der Waals surface area contributed by atoms with E-state index in [2.05, 4.69) is 32.2 Å². The van der Waals surface area contributed by atoms with Crippen LogP contribution >= 0.6 is 0 Å². The maximum Gasteiger partial charge on any atom is 0.261 e. The number of ether oxygens (including phenoxy) is 2. The molecule has 0 aliphatic heterocycles. The molecular weight excluding hydrogens is 350 g/mol. The lowest BCUT2D eigenvalue weighted by molar-refractivity contribution is -0.127. The summed E-state index contributed by atoms with van der Waals surface area (Å²) in [4.78, 5) is 12.7. The normalized spacial score (nSPS) is 13.1. The van der Waals surface area contributed by atoms with Crippen molar-refractivity contribution in [3.8, 4) is 11.5 Å². The molecule has 0 heterocycles. The lowest BCUT2D eigenvalue weighted by Crippen LogP contribution is -2.38. The highest BCUT2D eigenvalue weighted by molar-refractivity contribution is 5.81. The highest BCUT2D eigenvalue weighted by Crippen LogP contribution is 2.32. The van der Waals surface area contributed by atoms with Crippen LogP contribution in [-0.4, -0.2) is 19.1 Å². The summed E-state index contributed by atoms with van der Waals surface area (Å²) in [5.41, 5.74) is 4.44. The number of carbonyl (C=O) groups excluding carboxylic acids is 1. The monoisotopic (exact) mass is 383 g/mol. The zero-order valence-corrected chi connectivity index (χ0v) is 18.1. The van der Waals surface area contributed by atoms with E-state index >= 15 is 0 Å². The smallest absolute Gasteiger partial charge is 0.261 e. The summed E-state index contributed by atoms with van der Waals surface area (Å²) >= 11 is 0. The fourth-order valence-electron chi connectivity index (χ4n) is 3.37. The molecule has 1 N–H and O–H groups in total. The Morgan fingerprint density at radius 3 is 2.32 bits per heavy atom. The van der Waals surface area contributed by atoms with Gasteiger partial charge in [-0.1, -0.05) is 39.0 Å². The SMILES string of the molecule is CCc1ccccc1O[C@@H](C)C(=O)N[C@H](C)c1cc(C(C)C)c(OC)cc1C. The Morgan fingerprint density at radius 1 is 1.04 bits per heavy atom. The van der Waals surface area contributed by atoms with Crippen molar-refractivity contribution in [1.82, 2.24) is 5.32 Å². The number of nitrogens with one attached hydrogen (secondary N) is 1. The first-order chi connectivity index (χ1) is 13.3. The van der Waals surface area contributed by atoms with Crippen molar-refractivity contribution in [1.29, 1.82) is 0 Å². The summed E-state index contributed by atoms with van der Waals surface area (Å²) < 4.78 is 11.5. The minimum absolute atomic E-state index is 0.122. The number of methoxy groups -OCH3 is 1. The fraction of sp³-hybridized carbons (Fsp3) is 0.458. The van der Waals surface area contributed by atoms with E-state index in [1.807, 2.05) is 44.2 Å². The molecule has 0 aromatic heterocycles. The first-order valence-corrected chi connectivity index (χ1v) is 10.0. The molecule has 1 amide bonds. The third-order valence-electron chi connectivity index (χ3n) is 5.09. The topological polar surface area (TPSA) is 47.6 Å². The van der Waals surface area contributed by atoms with Crippen molar-refractivity contribution >= 4 is 5.91 Å². The van der Waals surface area contributed by atoms with Crippen molar-refractivity contribution in [3.63, 3.8) is 0 Å². The summed E-state index contributed by atoms with van der Waals surface area (Å²) in [7, 11) is 1.69. The number of benzene rings is 2. The number of rotatable bonds is 8. The molecule has 152 valence electrons. The van der Waals surface area contributed by atoms with Crippen LogP contribution in [0.1, 0.15) is 68.8 Å². The second-order valence-electron chi connectivity index (χ2n) is 7.56. The van der Waals surface area contributed by atoms with E-state index in [0.29, 0.717) is 5.92 Å². The average Bonchev–Trinajstić information content (AvgIpc) is 2.67. The van der Waals surface area contributed by atoms with Gasteiger partial charge in [0.25, 0.3) is 5.91 Å². The number of hydrogen-bond acceptors (Lipinski definition) is 3. The van der Waals surface area contributed by atoms with E-state index in [9.17, 15) is 4.79 Å². The van der Waals surface area contributed by atoms with Crippen LogP contribution < -0.4 is 14.8 Å². The molecule has 2 aromatic carbocycles. The second-order valence-corrected chi connectivity index (χ2v) is 7.56. The van der Waals surface area contributed by atoms with E-state index in [4.69, 9.17) is 9.47 Å². The number of carbonyl (C=O) groups is 1. The Labute approximate surface area is 169 Å². The Hall–Kier alpha value is -2.49. The second kappa shape index (κ2) is 9.63. The molecule has 0 aliphatic carbocycles. The van der Waals surface area contributed by atoms with Crippen molar-refractivity contribution in [2.24, 2.45) is 0 Å². The van der Waals surface area contributed by atoms with Gasteiger partial charge in [0.2, 0.25) is 0 Å². The van der Waals surface area contributed by atoms with Gasteiger partial charge in [0.1, 0.15) is 11.5 Å². The van der Waals surface area contributed by atoms with Gasteiger partial charge in [-0.05, 0) is 73.6 Å². The quantitative estimate of drug-likeness (QED) is 0.670. The summed E-state index contributed by atoms with van der Waals surface area (Å²) in [6, 6.07) is 11.9. The molecule has 0 fully saturated rings. The largest absolute Gasteiger partial charge is 0.496 e. The zero-order chi connectivity index (χ0) is 20.8. The third kappa shape index (κ3) is 5.06. The van der Waals surface area contributed by atoms with Crippen LogP contribution in [-0.2, 0) is 11.2 Å². The van der Waals surface area contributed by atoms with Gasteiger partial charge in [-0.25, -0.2) is 0 Å². The lowest BCUT2D eigenvalue weighted by atomic mass is 9.93. The van der Waals surface area contributed by atoms with E-state index in [1.54, 1.807) is 14.0 Å². The van der Waals surface area contributed by atoms with E-state index in [1.165, 1.54) is 0 Å². The van der Waals surface area contributed by atoms with Gasteiger partial charge in [-0.15, -0.1) is 0 Å². The van der Waals surface area contributed by atoms with Gasteiger partial charge in [-0.3, -0.25) is 4.79 Å².